The first-order valence-electron chi connectivity index (χ1n) is 5.29. The lowest BCUT2D eigenvalue weighted by Gasteiger charge is -2.09. The van der Waals surface area contributed by atoms with Gasteiger partial charge in [-0.2, -0.15) is 0 Å². The van der Waals surface area contributed by atoms with Gasteiger partial charge in [-0.25, -0.2) is 13.2 Å². The maximum absolute atomic E-state index is 13.6. The Bertz CT molecular complexity index is 668. The number of nitrogens with one attached hydrogen (secondary N) is 1. The standard InChI is InChI=1S/C13H6Br2F3NO/c14-6-3-9(17)12(10(18)4-6)13(20)19-11-5-7(16)1-2-8(11)15/h1-5H,(H,19,20). The van der Waals surface area contributed by atoms with Gasteiger partial charge in [-0.05, 0) is 46.3 Å². The van der Waals surface area contributed by atoms with Crippen LogP contribution in [0, 0.1) is 17.5 Å². The van der Waals surface area contributed by atoms with E-state index in [1.807, 2.05) is 0 Å². The summed E-state index contributed by atoms with van der Waals surface area (Å²) >= 11 is 6.02. The summed E-state index contributed by atoms with van der Waals surface area (Å²) < 4.78 is 40.9. The molecule has 0 aliphatic rings. The van der Waals surface area contributed by atoms with E-state index >= 15 is 0 Å². The Morgan fingerprint density at radius 3 is 2.20 bits per heavy atom. The summed E-state index contributed by atoms with van der Waals surface area (Å²) in [4.78, 5) is 11.9. The van der Waals surface area contributed by atoms with Crippen LogP contribution >= 0.6 is 31.9 Å². The zero-order valence-corrected chi connectivity index (χ0v) is 12.9. The fraction of sp³-hybridized carbons (Fsp3) is 0. The highest BCUT2D eigenvalue weighted by Crippen LogP contribution is 2.25. The minimum absolute atomic E-state index is 0.0803. The van der Waals surface area contributed by atoms with Crippen molar-refractivity contribution >= 4 is 43.5 Å². The van der Waals surface area contributed by atoms with Crippen LogP contribution in [-0.4, -0.2) is 5.91 Å². The number of amides is 1. The molecule has 2 aromatic rings. The number of hydrogen-bond acceptors (Lipinski definition) is 1. The van der Waals surface area contributed by atoms with Crippen molar-refractivity contribution in [2.24, 2.45) is 0 Å². The molecule has 0 aliphatic carbocycles. The lowest BCUT2D eigenvalue weighted by molar-refractivity contribution is 0.101. The van der Waals surface area contributed by atoms with Crippen LogP contribution in [0.15, 0.2) is 39.3 Å². The van der Waals surface area contributed by atoms with Crippen LogP contribution in [0.2, 0.25) is 0 Å². The quantitative estimate of drug-likeness (QED) is 0.753. The van der Waals surface area contributed by atoms with E-state index in [1.165, 1.54) is 12.1 Å². The predicted octanol–water partition coefficient (Wildman–Crippen LogP) is 4.88. The van der Waals surface area contributed by atoms with Crippen molar-refractivity contribution in [1.29, 1.82) is 0 Å². The lowest BCUT2D eigenvalue weighted by atomic mass is 10.1. The van der Waals surface area contributed by atoms with E-state index < -0.39 is 28.9 Å². The van der Waals surface area contributed by atoms with Crippen molar-refractivity contribution in [1.82, 2.24) is 0 Å². The molecular formula is C13H6Br2F3NO. The van der Waals surface area contributed by atoms with Crippen LogP contribution in [0.3, 0.4) is 0 Å². The zero-order chi connectivity index (χ0) is 14.9. The Kier molecular flexibility index (Phi) is 4.49. The van der Waals surface area contributed by atoms with Crippen molar-refractivity contribution in [2.45, 2.75) is 0 Å². The van der Waals surface area contributed by atoms with Gasteiger partial charge in [0.15, 0.2) is 0 Å². The number of benzene rings is 2. The van der Waals surface area contributed by atoms with Crippen molar-refractivity contribution < 1.29 is 18.0 Å². The SMILES string of the molecule is O=C(Nc1cc(F)ccc1Br)c1c(F)cc(Br)cc1F. The first kappa shape index (κ1) is 15.1. The molecule has 104 valence electrons. The van der Waals surface area contributed by atoms with Gasteiger partial charge in [-0.3, -0.25) is 4.79 Å². The minimum atomic E-state index is -1.01. The van der Waals surface area contributed by atoms with E-state index in [9.17, 15) is 18.0 Å². The van der Waals surface area contributed by atoms with Gasteiger partial charge in [0.1, 0.15) is 23.0 Å². The minimum Gasteiger partial charge on any atom is -0.321 e. The molecule has 2 nitrogen and oxygen atoms in total. The molecule has 0 fully saturated rings. The normalized spacial score (nSPS) is 10.4. The van der Waals surface area contributed by atoms with Crippen molar-refractivity contribution in [3.05, 3.63) is 62.3 Å². The fourth-order valence-corrected chi connectivity index (χ4v) is 2.28. The molecule has 0 atom stereocenters. The van der Waals surface area contributed by atoms with Gasteiger partial charge < -0.3 is 5.32 Å². The average Bonchev–Trinajstić information content (AvgIpc) is 2.32. The fourth-order valence-electron chi connectivity index (χ4n) is 1.54. The van der Waals surface area contributed by atoms with E-state index in [2.05, 4.69) is 37.2 Å². The van der Waals surface area contributed by atoms with Gasteiger partial charge in [0.2, 0.25) is 0 Å². The zero-order valence-electron chi connectivity index (χ0n) is 9.68. The maximum Gasteiger partial charge on any atom is 0.261 e. The third-order valence-corrected chi connectivity index (χ3v) is 3.56. The number of carbonyl (C=O) groups is 1. The molecule has 2 aromatic carbocycles. The summed E-state index contributed by atoms with van der Waals surface area (Å²) in [5.74, 6) is -3.61. The van der Waals surface area contributed by atoms with E-state index in [0.717, 1.165) is 18.2 Å². The Morgan fingerprint density at radius 2 is 1.60 bits per heavy atom. The van der Waals surface area contributed by atoms with Gasteiger partial charge in [-0.15, -0.1) is 0 Å². The second-order valence-electron chi connectivity index (χ2n) is 3.82. The second kappa shape index (κ2) is 5.97. The van der Waals surface area contributed by atoms with Crippen molar-refractivity contribution in [3.63, 3.8) is 0 Å². The van der Waals surface area contributed by atoms with Crippen LogP contribution in [-0.2, 0) is 0 Å². The van der Waals surface area contributed by atoms with E-state index in [1.54, 1.807) is 0 Å². The first-order valence-corrected chi connectivity index (χ1v) is 6.88. The Morgan fingerprint density at radius 1 is 1.00 bits per heavy atom. The molecule has 0 spiro atoms. The largest absolute Gasteiger partial charge is 0.321 e. The molecule has 7 heteroatoms. The highest BCUT2D eigenvalue weighted by atomic mass is 79.9. The van der Waals surface area contributed by atoms with E-state index in [-0.39, 0.29) is 10.2 Å². The van der Waals surface area contributed by atoms with Crippen molar-refractivity contribution in [3.8, 4) is 0 Å². The molecule has 20 heavy (non-hydrogen) atoms. The van der Waals surface area contributed by atoms with E-state index in [4.69, 9.17) is 0 Å². The number of hydrogen-bond donors (Lipinski definition) is 1. The summed E-state index contributed by atoms with van der Waals surface area (Å²) in [7, 11) is 0. The topological polar surface area (TPSA) is 29.1 Å². The summed E-state index contributed by atoms with van der Waals surface area (Å²) in [5, 5.41) is 2.25. The van der Waals surface area contributed by atoms with Crippen LogP contribution in [0.1, 0.15) is 10.4 Å². The third kappa shape index (κ3) is 3.21. The van der Waals surface area contributed by atoms with Gasteiger partial charge in [0, 0.05) is 8.95 Å². The molecule has 1 amide bonds. The smallest absolute Gasteiger partial charge is 0.261 e. The van der Waals surface area contributed by atoms with Crippen molar-refractivity contribution in [2.75, 3.05) is 5.32 Å². The number of anilines is 1. The highest BCUT2D eigenvalue weighted by Gasteiger charge is 2.19. The Labute approximate surface area is 129 Å². The molecule has 1 N–H and O–H groups in total. The lowest BCUT2D eigenvalue weighted by Crippen LogP contribution is -2.16. The van der Waals surface area contributed by atoms with Crippen LogP contribution in [0.25, 0.3) is 0 Å². The van der Waals surface area contributed by atoms with Gasteiger partial charge >= 0.3 is 0 Å². The van der Waals surface area contributed by atoms with Gasteiger partial charge in [0.05, 0.1) is 5.69 Å². The molecule has 0 bridgehead atoms. The molecular weight excluding hydrogens is 403 g/mol. The van der Waals surface area contributed by atoms with Gasteiger partial charge in [-0.1, -0.05) is 15.9 Å². The summed E-state index contributed by atoms with van der Waals surface area (Å²) in [6.45, 7) is 0. The Balaban J connectivity index is 2.36. The Hall–Kier alpha value is -1.34. The second-order valence-corrected chi connectivity index (χ2v) is 5.59. The molecule has 0 saturated heterocycles. The average molecular weight is 409 g/mol. The third-order valence-electron chi connectivity index (χ3n) is 2.41. The van der Waals surface area contributed by atoms with E-state index in [0.29, 0.717) is 4.47 Å². The molecule has 0 saturated carbocycles. The first-order chi connectivity index (χ1) is 9.38. The molecule has 0 aromatic heterocycles. The monoisotopic (exact) mass is 407 g/mol. The highest BCUT2D eigenvalue weighted by molar-refractivity contribution is 9.10. The molecule has 2 rings (SSSR count). The predicted molar refractivity (Wildman–Crippen MR) is 76.1 cm³/mol. The molecule has 0 unspecified atom stereocenters. The van der Waals surface area contributed by atoms with Crippen LogP contribution in [0.5, 0.6) is 0 Å². The molecule has 0 aliphatic heterocycles. The molecule has 0 radical (unpaired) electrons. The summed E-state index contributed by atoms with van der Waals surface area (Å²) in [6, 6.07) is 5.54. The van der Waals surface area contributed by atoms with Crippen LogP contribution < -0.4 is 5.32 Å². The summed E-state index contributed by atoms with van der Waals surface area (Å²) in [6.07, 6.45) is 0. The summed E-state index contributed by atoms with van der Waals surface area (Å²) in [5.41, 5.74) is -0.652. The number of carbonyl (C=O) groups excluding carboxylic acids is 1. The number of halogens is 5. The van der Waals surface area contributed by atoms with Gasteiger partial charge in [0.25, 0.3) is 5.91 Å². The maximum atomic E-state index is 13.6. The molecule has 0 heterocycles. The van der Waals surface area contributed by atoms with Crippen LogP contribution in [0.4, 0.5) is 18.9 Å². The number of rotatable bonds is 2.